The van der Waals surface area contributed by atoms with Crippen molar-refractivity contribution in [3.8, 4) is 0 Å². The van der Waals surface area contributed by atoms with Crippen LogP contribution in [-0.2, 0) is 15.8 Å². The van der Waals surface area contributed by atoms with Crippen LogP contribution in [0.3, 0.4) is 0 Å². The van der Waals surface area contributed by atoms with Crippen LogP contribution < -0.4 is 0 Å². The Kier molecular flexibility index (Phi) is 11.0. The van der Waals surface area contributed by atoms with Gasteiger partial charge in [0.15, 0.2) is 8.32 Å². The second kappa shape index (κ2) is 14.1. The molecule has 4 rings (SSSR count). The minimum Gasteiger partial charge on any atom is -0.444 e. The van der Waals surface area contributed by atoms with Gasteiger partial charge in [0, 0.05) is 30.7 Å². The summed E-state index contributed by atoms with van der Waals surface area (Å²) in [6.07, 6.45) is 13.5. The first-order valence-electron chi connectivity index (χ1n) is 16.5. The van der Waals surface area contributed by atoms with Gasteiger partial charge in [-0.3, -0.25) is 0 Å². The van der Waals surface area contributed by atoms with Crippen LogP contribution in [0.4, 0.5) is 4.79 Å². The van der Waals surface area contributed by atoms with Gasteiger partial charge in [0.05, 0.1) is 6.04 Å². The first-order valence-corrected chi connectivity index (χ1v) is 19.4. The SMILES string of the molecule is CCCCCCCCC[C@@H]1C[C@@H]2CC[C@H]3[C@@H](CO[Si](C)(C)C(C)(C)C)[C@@H](C)N(C(=O)OCc4ccccc4)C(=N1)N23. The summed E-state index contributed by atoms with van der Waals surface area (Å²) < 4.78 is 12.8. The minimum absolute atomic E-state index is 0.0286. The molecule has 0 aliphatic carbocycles. The van der Waals surface area contributed by atoms with Gasteiger partial charge in [0.25, 0.3) is 0 Å². The molecule has 1 aromatic carbocycles. The lowest BCUT2D eigenvalue weighted by Gasteiger charge is -2.52. The molecule has 0 bridgehead atoms. The van der Waals surface area contributed by atoms with Crippen LogP contribution in [0, 0.1) is 5.92 Å². The zero-order chi connectivity index (χ0) is 29.6. The van der Waals surface area contributed by atoms with Gasteiger partial charge in [-0.25, -0.2) is 14.7 Å². The van der Waals surface area contributed by atoms with E-state index in [9.17, 15) is 4.79 Å². The van der Waals surface area contributed by atoms with Crippen molar-refractivity contribution < 1.29 is 14.0 Å². The van der Waals surface area contributed by atoms with Crippen molar-refractivity contribution in [2.75, 3.05) is 6.61 Å². The first kappa shape index (κ1) is 32.1. The zero-order valence-corrected chi connectivity index (χ0v) is 28.0. The summed E-state index contributed by atoms with van der Waals surface area (Å²) in [5.74, 6) is 1.10. The molecule has 6 nitrogen and oxygen atoms in total. The molecule has 0 unspecified atom stereocenters. The van der Waals surface area contributed by atoms with Gasteiger partial charge in [-0.15, -0.1) is 0 Å². The molecular weight excluding hydrogens is 526 g/mol. The van der Waals surface area contributed by atoms with Gasteiger partial charge in [-0.1, -0.05) is 103 Å². The van der Waals surface area contributed by atoms with Gasteiger partial charge in [0.2, 0.25) is 5.96 Å². The molecule has 230 valence electrons. The third kappa shape index (κ3) is 7.75. The molecule has 1 amide bonds. The normalized spacial score (nSPS) is 26.1. The zero-order valence-electron chi connectivity index (χ0n) is 27.0. The average molecular weight is 584 g/mol. The van der Waals surface area contributed by atoms with Gasteiger partial charge in [-0.05, 0) is 56.3 Å². The number of amides is 1. The van der Waals surface area contributed by atoms with Crippen LogP contribution in [0.25, 0.3) is 0 Å². The summed E-state index contributed by atoms with van der Waals surface area (Å²) in [4.78, 5) is 23.6. The Bertz CT molecular complexity index is 1010. The lowest BCUT2D eigenvalue weighted by Crippen LogP contribution is -2.67. The Morgan fingerprint density at radius 3 is 2.39 bits per heavy atom. The molecule has 41 heavy (non-hydrogen) atoms. The molecule has 0 N–H and O–H groups in total. The van der Waals surface area contributed by atoms with E-state index in [0.29, 0.717) is 18.7 Å². The number of unbranched alkanes of at least 4 members (excludes halogenated alkanes) is 6. The van der Waals surface area contributed by atoms with Crippen molar-refractivity contribution in [1.29, 1.82) is 0 Å². The maximum Gasteiger partial charge on any atom is 0.417 e. The van der Waals surface area contributed by atoms with Crippen LogP contribution in [0.2, 0.25) is 18.1 Å². The predicted octanol–water partition coefficient (Wildman–Crippen LogP) is 8.77. The van der Waals surface area contributed by atoms with Crippen LogP contribution in [-0.4, -0.2) is 60.9 Å². The lowest BCUT2D eigenvalue weighted by molar-refractivity contribution is 0.0302. The second-order valence-electron chi connectivity index (χ2n) is 14.3. The third-order valence-electron chi connectivity index (χ3n) is 10.3. The number of rotatable bonds is 13. The highest BCUT2D eigenvalue weighted by atomic mass is 28.4. The fraction of sp³-hybridized carbons (Fsp3) is 0.765. The van der Waals surface area contributed by atoms with Crippen LogP contribution in [0.1, 0.15) is 111 Å². The van der Waals surface area contributed by atoms with E-state index in [1.54, 1.807) is 0 Å². The molecule has 7 heteroatoms. The molecule has 0 aromatic heterocycles. The highest BCUT2D eigenvalue weighted by Gasteiger charge is 2.54. The number of hydrogen-bond acceptors (Lipinski definition) is 5. The molecule has 3 aliphatic rings. The molecule has 5 atom stereocenters. The molecule has 2 saturated heterocycles. The quantitative estimate of drug-likeness (QED) is 0.172. The number of carbonyl (C=O) groups excluding carboxylic acids is 1. The van der Waals surface area contributed by atoms with E-state index in [-0.39, 0.29) is 35.7 Å². The summed E-state index contributed by atoms with van der Waals surface area (Å²) in [5.41, 5.74) is 1.00. The summed E-state index contributed by atoms with van der Waals surface area (Å²) in [6, 6.07) is 11.1. The van der Waals surface area contributed by atoms with E-state index < -0.39 is 8.32 Å². The van der Waals surface area contributed by atoms with Gasteiger partial charge < -0.3 is 14.1 Å². The Morgan fingerprint density at radius 2 is 1.71 bits per heavy atom. The molecule has 3 heterocycles. The van der Waals surface area contributed by atoms with Crippen LogP contribution in [0.5, 0.6) is 0 Å². The summed E-state index contributed by atoms with van der Waals surface area (Å²) in [6.45, 7) is 17.0. The molecule has 0 spiro atoms. The number of carbonyl (C=O) groups is 1. The Balaban J connectivity index is 1.51. The van der Waals surface area contributed by atoms with Crippen molar-refractivity contribution in [2.45, 2.75) is 154 Å². The van der Waals surface area contributed by atoms with Crippen molar-refractivity contribution in [3.05, 3.63) is 35.9 Å². The Labute approximate surface area is 251 Å². The van der Waals surface area contributed by atoms with E-state index in [1.165, 1.54) is 51.4 Å². The fourth-order valence-corrected chi connectivity index (χ4v) is 7.72. The van der Waals surface area contributed by atoms with Crippen LogP contribution >= 0.6 is 0 Å². The lowest BCUT2D eigenvalue weighted by atomic mass is 9.88. The van der Waals surface area contributed by atoms with Crippen molar-refractivity contribution in [1.82, 2.24) is 9.80 Å². The third-order valence-corrected chi connectivity index (χ3v) is 14.8. The largest absolute Gasteiger partial charge is 0.444 e. The molecule has 1 aromatic rings. The molecule has 3 aliphatic heterocycles. The maximum absolute atomic E-state index is 13.8. The minimum atomic E-state index is -1.92. The van der Waals surface area contributed by atoms with E-state index in [0.717, 1.165) is 30.8 Å². The Hall–Kier alpha value is -1.86. The smallest absolute Gasteiger partial charge is 0.417 e. The van der Waals surface area contributed by atoms with Gasteiger partial charge >= 0.3 is 6.09 Å². The number of nitrogens with zero attached hydrogens (tertiary/aromatic N) is 3. The summed E-state index contributed by atoms with van der Waals surface area (Å²) >= 11 is 0. The second-order valence-corrected chi connectivity index (χ2v) is 19.1. The van der Waals surface area contributed by atoms with E-state index in [2.05, 4.69) is 52.6 Å². The molecule has 2 fully saturated rings. The number of ether oxygens (including phenoxy) is 1. The monoisotopic (exact) mass is 583 g/mol. The summed E-state index contributed by atoms with van der Waals surface area (Å²) in [7, 11) is -1.92. The Morgan fingerprint density at radius 1 is 1.02 bits per heavy atom. The van der Waals surface area contributed by atoms with E-state index >= 15 is 0 Å². The van der Waals surface area contributed by atoms with Gasteiger partial charge in [0.1, 0.15) is 6.61 Å². The predicted molar refractivity (Wildman–Crippen MR) is 172 cm³/mol. The first-order chi connectivity index (χ1) is 19.5. The number of guanidine groups is 1. The highest BCUT2D eigenvalue weighted by molar-refractivity contribution is 6.74. The van der Waals surface area contributed by atoms with Crippen molar-refractivity contribution in [3.63, 3.8) is 0 Å². The molecule has 0 radical (unpaired) electrons. The fourth-order valence-electron chi connectivity index (χ4n) is 6.68. The number of benzene rings is 1. The van der Waals surface area contributed by atoms with Crippen molar-refractivity contribution >= 4 is 20.4 Å². The molecular formula is C34H57N3O3Si. The number of aliphatic imine (C=N–C) groups is 1. The topological polar surface area (TPSA) is 54.4 Å². The maximum atomic E-state index is 13.8. The molecule has 0 saturated carbocycles. The van der Waals surface area contributed by atoms with Crippen LogP contribution in [0.15, 0.2) is 35.3 Å². The van der Waals surface area contributed by atoms with Gasteiger partial charge in [-0.2, -0.15) is 0 Å². The standard InChI is InChI=1S/C34H57N3O3Si/c1-8-9-10-11-12-13-17-20-28-23-29-21-22-31-30(25-40-41(6,7)34(3,4)5)26(2)36(32(35-28)37(29)31)33(38)39-24-27-18-15-14-16-19-27/h14-16,18-19,26,28-31H,8-13,17,20-25H2,1-7H3/t26-,28-,29+,30+,31+/m1/s1. The van der Waals surface area contributed by atoms with Crippen molar-refractivity contribution in [2.24, 2.45) is 10.9 Å². The average Bonchev–Trinajstić information content (AvgIpc) is 3.35. The van der Waals surface area contributed by atoms with E-state index in [1.807, 2.05) is 35.2 Å². The number of hydrogen-bond donors (Lipinski definition) is 0. The summed E-state index contributed by atoms with van der Waals surface area (Å²) in [5, 5.41) is 0.151. The van der Waals surface area contributed by atoms with E-state index in [4.69, 9.17) is 14.2 Å². The highest BCUT2D eigenvalue weighted by Crippen LogP contribution is 2.44.